The summed E-state index contributed by atoms with van der Waals surface area (Å²) >= 11 is 0. The van der Waals surface area contributed by atoms with Crippen molar-refractivity contribution in [2.45, 2.75) is 44.3 Å². The molecule has 0 N–H and O–H groups in total. The average molecular weight is 264 g/mol. The van der Waals surface area contributed by atoms with Crippen LogP contribution in [0, 0.1) is 6.92 Å². The first kappa shape index (κ1) is 14.8. The van der Waals surface area contributed by atoms with Crippen molar-refractivity contribution in [1.82, 2.24) is 0 Å². The van der Waals surface area contributed by atoms with Gasteiger partial charge in [0.15, 0.2) is 0 Å². The fourth-order valence-corrected chi connectivity index (χ4v) is 2.89. The molecule has 0 saturated carbocycles. The third kappa shape index (κ3) is 4.22. The first-order valence-corrected chi connectivity index (χ1v) is 7.24. The van der Waals surface area contributed by atoms with E-state index in [1.807, 2.05) is 51.1 Å². The van der Waals surface area contributed by atoms with Gasteiger partial charge in [-0.1, -0.05) is 29.3 Å². The molecular weight excluding hydrogens is 244 g/mol. The van der Waals surface area contributed by atoms with Gasteiger partial charge in [0, 0.05) is 4.90 Å². The van der Waals surface area contributed by atoms with Crippen molar-refractivity contribution in [1.29, 1.82) is 0 Å². The minimum atomic E-state index is -1.27. The minimum absolute atomic E-state index is 0.0218. The molecule has 1 aromatic carbocycles. The van der Waals surface area contributed by atoms with Crippen LogP contribution in [0.2, 0.25) is 0 Å². The highest BCUT2D eigenvalue weighted by Gasteiger charge is 2.21. The normalized spacial score (nSPS) is 13.8. The Labute approximate surface area is 112 Å². The second-order valence-electron chi connectivity index (χ2n) is 4.73. The highest BCUT2D eigenvalue weighted by Crippen LogP contribution is 2.16. The Morgan fingerprint density at radius 1 is 1.22 bits per heavy atom. The lowest BCUT2D eigenvalue weighted by atomic mass is 10.2. The molecule has 0 fully saturated rings. The average Bonchev–Trinajstić information content (AvgIpc) is 2.29. The summed E-state index contributed by atoms with van der Waals surface area (Å²) in [6.45, 7) is 7.45. The maximum absolute atomic E-state index is 12.4. The Bertz CT molecular complexity index is 468. The molecule has 0 heterocycles. The van der Waals surface area contributed by atoms with Gasteiger partial charge in [-0.2, -0.15) is 0 Å². The molecular formula is C15H20O2S. The fourth-order valence-electron chi connectivity index (χ4n) is 1.58. The third-order valence-electron chi connectivity index (χ3n) is 2.71. The molecule has 1 aromatic rings. The summed E-state index contributed by atoms with van der Waals surface area (Å²) in [7, 11) is -1.27. The Morgan fingerprint density at radius 3 is 2.22 bits per heavy atom. The van der Waals surface area contributed by atoms with Crippen LogP contribution in [-0.2, 0) is 15.6 Å². The van der Waals surface area contributed by atoms with Gasteiger partial charge in [-0.3, -0.25) is 9.00 Å². The highest BCUT2D eigenvalue weighted by molar-refractivity contribution is 7.86. The van der Waals surface area contributed by atoms with Crippen molar-refractivity contribution in [3.8, 4) is 0 Å². The van der Waals surface area contributed by atoms with E-state index in [0.717, 1.165) is 16.0 Å². The molecule has 3 heteroatoms. The number of ketones is 1. The van der Waals surface area contributed by atoms with E-state index in [9.17, 15) is 9.00 Å². The van der Waals surface area contributed by atoms with Gasteiger partial charge in [0.05, 0.1) is 10.8 Å². The van der Waals surface area contributed by atoms with Crippen LogP contribution < -0.4 is 0 Å². The van der Waals surface area contributed by atoms with Crippen molar-refractivity contribution in [3.05, 3.63) is 41.5 Å². The summed E-state index contributed by atoms with van der Waals surface area (Å²) in [6.07, 6.45) is 2.51. The van der Waals surface area contributed by atoms with Crippen LogP contribution in [0.15, 0.2) is 40.8 Å². The number of hydrogen-bond acceptors (Lipinski definition) is 2. The largest absolute Gasteiger partial charge is 0.299 e. The van der Waals surface area contributed by atoms with E-state index >= 15 is 0 Å². The minimum Gasteiger partial charge on any atom is -0.299 e. The molecule has 0 aliphatic heterocycles. The zero-order chi connectivity index (χ0) is 13.7. The quantitative estimate of drug-likeness (QED) is 0.764. The van der Waals surface area contributed by atoms with Crippen LogP contribution in [0.4, 0.5) is 0 Å². The molecule has 0 aliphatic carbocycles. The summed E-state index contributed by atoms with van der Waals surface area (Å²) in [4.78, 5) is 12.3. The van der Waals surface area contributed by atoms with Gasteiger partial charge in [-0.05, 0) is 46.2 Å². The number of rotatable bonds is 5. The summed E-state index contributed by atoms with van der Waals surface area (Å²) in [5.74, 6) is -0.0218. The van der Waals surface area contributed by atoms with Crippen LogP contribution in [0.5, 0.6) is 0 Å². The SMILES string of the molecule is CC(=O)[C@@H](CC=C(C)C)[S@@](=O)c1ccc(C)cc1. The van der Waals surface area contributed by atoms with E-state index in [-0.39, 0.29) is 5.78 Å². The first-order valence-electron chi connectivity index (χ1n) is 6.03. The van der Waals surface area contributed by atoms with Crippen LogP contribution in [0.3, 0.4) is 0 Å². The zero-order valence-corrected chi connectivity index (χ0v) is 12.2. The number of carbonyl (C=O) groups is 1. The maximum Gasteiger partial charge on any atom is 0.146 e. The second kappa shape index (κ2) is 6.64. The number of benzene rings is 1. The standard InChI is InChI=1S/C15H20O2S/c1-11(2)5-10-15(13(4)16)18(17)14-8-6-12(3)7-9-14/h5-9,15H,10H2,1-4H3/t15-,18+/m1/s1. The molecule has 0 aliphatic rings. The number of hydrogen-bond donors (Lipinski definition) is 0. The smallest absolute Gasteiger partial charge is 0.146 e. The third-order valence-corrected chi connectivity index (χ3v) is 4.48. The van der Waals surface area contributed by atoms with Crippen LogP contribution in [-0.4, -0.2) is 15.2 Å². The number of Topliss-reactive ketones (excluding diaryl/α,β-unsaturated/α-hetero) is 1. The summed E-state index contributed by atoms with van der Waals surface area (Å²) in [5.41, 5.74) is 2.27. The predicted molar refractivity (Wildman–Crippen MR) is 76.1 cm³/mol. The predicted octanol–water partition coefficient (Wildman–Crippen LogP) is 3.42. The number of aryl methyl sites for hydroxylation is 1. The molecule has 2 nitrogen and oxygen atoms in total. The molecule has 0 amide bonds. The van der Waals surface area contributed by atoms with Crippen LogP contribution >= 0.6 is 0 Å². The van der Waals surface area contributed by atoms with Crippen molar-refractivity contribution in [2.75, 3.05) is 0 Å². The lowest BCUT2D eigenvalue weighted by Gasteiger charge is -2.12. The fraction of sp³-hybridized carbons (Fsp3) is 0.400. The molecule has 98 valence electrons. The number of carbonyl (C=O) groups excluding carboxylic acids is 1. The Kier molecular flexibility index (Phi) is 5.48. The molecule has 2 atom stereocenters. The summed E-state index contributed by atoms with van der Waals surface area (Å²) in [5, 5.41) is -0.442. The molecule has 0 unspecified atom stereocenters. The monoisotopic (exact) mass is 264 g/mol. The van der Waals surface area contributed by atoms with Gasteiger partial charge < -0.3 is 0 Å². The van der Waals surface area contributed by atoms with E-state index in [4.69, 9.17) is 0 Å². The van der Waals surface area contributed by atoms with Gasteiger partial charge in [-0.15, -0.1) is 0 Å². The zero-order valence-electron chi connectivity index (χ0n) is 11.4. The maximum atomic E-state index is 12.4. The van der Waals surface area contributed by atoms with E-state index < -0.39 is 16.0 Å². The molecule has 0 spiro atoms. The lowest BCUT2D eigenvalue weighted by Crippen LogP contribution is -2.23. The van der Waals surface area contributed by atoms with E-state index in [2.05, 4.69) is 0 Å². The van der Waals surface area contributed by atoms with Gasteiger partial charge in [0.2, 0.25) is 0 Å². The molecule has 0 saturated heterocycles. The first-order chi connectivity index (χ1) is 8.41. The highest BCUT2D eigenvalue weighted by atomic mass is 32.2. The van der Waals surface area contributed by atoms with E-state index in [1.165, 1.54) is 6.92 Å². The summed E-state index contributed by atoms with van der Waals surface area (Å²) < 4.78 is 12.4. The van der Waals surface area contributed by atoms with Crippen LogP contribution in [0.1, 0.15) is 32.8 Å². The van der Waals surface area contributed by atoms with Crippen molar-refractivity contribution >= 4 is 16.6 Å². The van der Waals surface area contributed by atoms with E-state index in [0.29, 0.717) is 6.42 Å². The van der Waals surface area contributed by atoms with E-state index in [1.54, 1.807) is 0 Å². The Balaban J connectivity index is 2.92. The second-order valence-corrected chi connectivity index (χ2v) is 6.36. The molecule has 0 bridgehead atoms. The van der Waals surface area contributed by atoms with Crippen molar-refractivity contribution in [3.63, 3.8) is 0 Å². The molecule has 0 radical (unpaired) electrons. The number of allylic oxidation sites excluding steroid dienone is 2. The molecule has 18 heavy (non-hydrogen) atoms. The topological polar surface area (TPSA) is 34.1 Å². The van der Waals surface area contributed by atoms with Crippen molar-refractivity contribution in [2.24, 2.45) is 0 Å². The Morgan fingerprint density at radius 2 is 1.78 bits per heavy atom. The summed E-state index contributed by atoms with van der Waals surface area (Å²) in [6, 6.07) is 7.52. The Hall–Kier alpha value is -1.22. The van der Waals surface area contributed by atoms with Gasteiger partial charge >= 0.3 is 0 Å². The molecule has 0 aromatic heterocycles. The van der Waals surface area contributed by atoms with Gasteiger partial charge in [-0.25, -0.2) is 0 Å². The molecule has 1 rings (SSSR count). The lowest BCUT2D eigenvalue weighted by molar-refractivity contribution is -0.116. The van der Waals surface area contributed by atoms with Crippen LogP contribution in [0.25, 0.3) is 0 Å². The van der Waals surface area contributed by atoms with Gasteiger partial charge in [0.1, 0.15) is 11.0 Å². The van der Waals surface area contributed by atoms with Crippen molar-refractivity contribution < 1.29 is 9.00 Å². The van der Waals surface area contributed by atoms with Gasteiger partial charge in [0.25, 0.3) is 0 Å².